The molecule has 1 unspecified atom stereocenters. The second-order valence-corrected chi connectivity index (χ2v) is 7.13. The molecule has 144 valence electrons. The highest BCUT2D eigenvalue weighted by atomic mass is 19.4. The molecule has 0 radical (unpaired) electrons. The van der Waals surface area contributed by atoms with E-state index in [1.807, 2.05) is 24.3 Å². The van der Waals surface area contributed by atoms with Crippen molar-refractivity contribution < 1.29 is 23.1 Å². The Morgan fingerprint density at radius 2 is 1.96 bits per heavy atom. The number of aromatic nitrogens is 1. The van der Waals surface area contributed by atoms with Gasteiger partial charge < -0.3 is 9.67 Å². The molecule has 0 bridgehead atoms. The highest BCUT2D eigenvalue weighted by molar-refractivity contribution is 5.88. The molecule has 1 aromatic carbocycles. The number of hydrogen-bond acceptors (Lipinski definition) is 3. The van der Waals surface area contributed by atoms with E-state index in [-0.39, 0.29) is 17.3 Å². The maximum atomic E-state index is 13.4. The molecular formula is C19H20F3N3O2. The Balaban J connectivity index is 1.72. The van der Waals surface area contributed by atoms with Crippen LogP contribution in [0, 0.1) is 0 Å². The van der Waals surface area contributed by atoms with Gasteiger partial charge in [0.1, 0.15) is 6.54 Å². The molecule has 0 fully saturated rings. The number of amides is 1. The Hall–Kier alpha value is -2.48. The number of aliphatic hydroxyl groups is 1. The van der Waals surface area contributed by atoms with E-state index in [0.29, 0.717) is 6.08 Å². The minimum absolute atomic E-state index is 0.0718. The number of nitrogens with one attached hydrogen (secondary N) is 1. The summed E-state index contributed by atoms with van der Waals surface area (Å²) in [6, 6.07) is 7.62. The van der Waals surface area contributed by atoms with Crippen molar-refractivity contribution in [3.05, 3.63) is 47.3 Å². The summed E-state index contributed by atoms with van der Waals surface area (Å²) >= 11 is 0. The average Bonchev–Trinajstić information content (AvgIpc) is 3.11. The third-order valence-electron chi connectivity index (χ3n) is 5.29. The van der Waals surface area contributed by atoms with Crippen LogP contribution in [-0.4, -0.2) is 32.5 Å². The number of hydrogen-bond donors (Lipinski definition) is 2. The van der Waals surface area contributed by atoms with E-state index in [0.717, 1.165) is 42.3 Å². The molecule has 1 atom stereocenters. The van der Waals surface area contributed by atoms with Gasteiger partial charge in [-0.15, -0.1) is 0 Å². The van der Waals surface area contributed by atoms with Crippen LogP contribution in [0.5, 0.6) is 0 Å². The number of fused-ring (bicyclic) bond motifs is 3. The molecule has 2 heterocycles. The van der Waals surface area contributed by atoms with Crippen molar-refractivity contribution in [2.75, 3.05) is 0 Å². The fraction of sp³-hybridized carbons (Fsp3) is 0.421. The Kier molecular flexibility index (Phi) is 3.99. The maximum absolute atomic E-state index is 13.4. The number of para-hydroxylation sites is 1. The molecule has 0 saturated heterocycles. The van der Waals surface area contributed by atoms with Gasteiger partial charge >= 0.3 is 6.18 Å². The number of carbonyl (C=O) groups excluding carboxylic acids is 1. The van der Waals surface area contributed by atoms with Crippen molar-refractivity contribution in [3.63, 3.8) is 0 Å². The number of aryl methyl sites for hydroxylation is 1. The molecule has 0 saturated carbocycles. The van der Waals surface area contributed by atoms with Crippen LogP contribution in [0.25, 0.3) is 10.9 Å². The molecule has 8 heteroatoms. The number of nitrogens with zero attached hydrogens (tertiary/aromatic N) is 2. The lowest BCUT2D eigenvalue weighted by molar-refractivity contribution is -0.289. The van der Waals surface area contributed by atoms with Gasteiger partial charge in [0.05, 0.1) is 0 Å². The summed E-state index contributed by atoms with van der Waals surface area (Å²) in [4.78, 5) is 12.8. The number of rotatable bonds is 2. The van der Waals surface area contributed by atoms with E-state index in [1.165, 1.54) is 12.5 Å². The molecule has 2 N–H and O–H groups in total. The Bertz CT molecular complexity index is 948. The van der Waals surface area contributed by atoms with Crippen LogP contribution in [0.3, 0.4) is 0 Å². The number of carbonyl (C=O) groups is 1. The lowest BCUT2D eigenvalue weighted by Crippen LogP contribution is -2.61. The van der Waals surface area contributed by atoms with E-state index in [2.05, 4.69) is 5.43 Å². The lowest BCUT2D eigenvalue weighted by Gasteiger charge is -2.34. The molecule has 0 spiro atoms. The standard InChI is InChI=1S/C19H20F3N3O2/c1-12-10-18(27,19(20,21)22)25(23-12)17(26)11-24-15-8-4-2-6-13(15)14-7-3-5-9-16(14)24/h2,4,6,8,10,23,27H,3,5,7,9,11H2,1H3. The first-order valence-electron chi connectivity index (χ1n) is 8.89. The van der Waals surface area contributed by atoms with Crippen molar-refractivity contribution in [2.24, 2.45) is 0 Å². The fourth-order valence-corrected chi connectivity index (χ4v) is 4.09. The average molecular weight is 379 g/mol. The molecular weight excluding hydrogens is 359 g/mol. The van der Waals surface area contributed by atoms with Gasteiger partial charge in [-0.2, -0.15) is 13.2 Å². The Morgan fingerprint density at radius 3 is 2.70 bits per heavy atom. The van der Waals surface area contributed by atoms with Crippen LogP contribution < -0.4 is 5.43 Å². The second-order valence-electron chi connectivity index (χ2n) is 7.13. The van der Waals surface area contributed by atoms with Gasteiger partial charge in [0.2, 0.25) is 0 Å². The molecule has 1 aliphatic carbocycles. The monoisotopic (exact) mass is 379 g/mol. The summed E-state index contributed by atoms with van der Waals surface area (Å²) < 4.78 is 42.0. The van der Waals surface area contributed by atoms with E-state index in [9.17, 15) is 23.1 Å². The number of allylic oxidation sites excluding steroid dienone is 1. The zero-order valence-corrected chi connectivity index (χ0v) is 14.8. The van der Waals surface area contributed by atoms with Crippen molar-refractivity contribution in [1.82, 2.24) is 15.0 Å². The van der Waals surface area contributed by atoms with Gasteiger partial charge in [-0.25, -0.2) is 5.01 Å². The van der Waals surface area contributed by atoms with Crippen molar-refractivity contribution in [3.8, 4) is 0 Å². The molecule has 5 nitrogen and oxygen atoms in total. The normalized spacial score (nSPS) is 22.6. The molecule has 1 amide bonds. The minimum Gasteiger partial charge on any atom is -0.359 e. The largest absolute Gasteiger partial charge is 0.442 e. The van der Waals surface area contributed by atoms with E-state index in [4.69, 9.17) is 0 Å². The third-order valence-corrected chi connectivity index (χ3v) is 5.29. The van der Waals surface area contributed by atoms with Crippen molar-refractivity contribution in [2.45, 2.75) is 51.1 Å². The van der Waals surface area contributed by atoms with Gasteiger partial charge in [0.15, 0.2) is 0 Å². The molecule has 4 rings (SSSR count). The van der Waals surface area contributed by atoms with Crippen LogP contribution in [-0.2, 0) is 24.2 Å². The van der Waals surface area contributed by atoms with Crippen molar-refractivity contribution >= 4 is 16.8 Å². The van der Waals surface area contributed by atoms with Gasteiger partial charge in [0, 0.05) is 22.3 Å². The predicted molar refractivity (Wildman–Crippen MR) is 93.3 cm³/mol. The third kappa shape index (κ3) is 2.70. The Morgan fingerprint density at radius 1 is 1.26 bits per heavy atom. The molecule has 1 aliphatic heterocycles. The summed E-state index contributed by atoms with van der Waals surface area (Å²) in [6.45, 7) is 1.10. The van der Waals surface area contributed by atoms with E-state index >= 15 is 0 Å². The second kappa shape index (κ2) is 6.02. The molecule has 1 aromatic heterocycles. The highest BCUT2D eigenvalue weighted by Gasteiger charge is 2.61. The number of alkyl halides is 3. The first-order valence-corrected chi connectivity index (χ1v) is 8.89. The first-order chi connectivity index (χ1) is 12.7. The van der Waals surface area contributed by atoms with Crippen LogP contribution in [0.2, 0.25) is 0 Å². The molecule has 27 heavy (non-hydrogen) atoms. The van der Waals surface area contributed by atoms with E-state index < -0.39 is 17.8 Å². The van der Waals surface area contributed by atoms with Crippen LogP contribution in [0.15, 0.2) is 36.0 Å². The molecule has 2 aromatic rings. The van der Waals surface area contributed by atoms with Crippen LogP contribution in [0.1, 0.15) is 31.0 Å². The molecule has 2 aliphatic rings. The number of benzene rings is 1. The lowest BCUT2D eigenvalue weighted by atomic mass is 9.95. The minimum atomic E-state index is -5.01. The Labute approximate surface area is 154 Å². The summed E-state index contributed by atoms with van der Waals surface area (Å²) in [5.41, 5.74) is 2.07. The smallest absolute Gasteiger partial charge is 0.359 e. The van der Waals surface area contributed by atoms with Crippen LogP contribution in [0.4, 0.5) is 13.2 Å². The number of halogens is 3. The van der Waals surface area contributed by atoms with Gasteiger partial charge in [-0.1, -0.05) is 18.2 Å². The maximum Gasteiger partial charge on any atom is 0.442 e. The van der Waals surface area contributed by atoms with Gasteiger partial charge in [-0.3, -0.25) is 10.2 Å². The van der Waals surface area contributed by atoms with Gasteiger partial charge in [0.25, 0.3) is 11.6 Å². The number of hydrazine groups is 1. The quantitative estimate of drug-likeness (QED) is 0.843. The summed E-state index contributed by atoms with van der Waals surface area (Å²) in [5, 5.41) is 11.5. The zero-order valence-electron chi connectivity index (χ0n) is 14.8. The summed E-state index contributed by atoms with van der Waals surface area (Å²) in [6.07, 6.45) is -0.677. The summed E-state index contributed by atoms with van der Waals surface area (Å²) in [5.74, 6) is -0.850. The van der Waals surface area contributed by atoms with Crippen molar-refractivity contribution in [1.29, 1.82) is 0 Å². The zero-order chi connectivity index (χ0) is 19.4. The topological polar surface area (TPSA) is 57.5 Å². The van der Waals surface area contributed by atoms with E-state index in [1.54, 1.807) is 4.57 Å². The SMILES string of the molecule is CC1=CC(O)(C(F)(F)F)N(C(=O)Cn2c3c(c4ccccc42)CCCC3)N1. The predicted octanol–water partition coefficient (Wildman–Crippen LogP) is 3.02. The fourth-order valence-electron chi connectivity index (χ4n) is 4.09. The first kappa shape index (κ1) is 17.9. The highest BCUT2D eigenvalue weighted by Crippen LogP contribution is 2.38. The summed E-state index contributed by atoms with van der Waals surface area (Å²) in [7, 11) is 0. The van der Waals surface area contributed by atoms with Crippen LogP contribution >= 0.6 is 0 Å². The van der Waals surface area contributed by atoms with Gasteiger partial charge in [-0.05, 0) is 50.3 Å².